The number of hydrogen-bond donors (Lipinski definition) is 0. The van der Waals surface area contributed by atoms with Crippen LogP contribution in [0.15, 0.2) is 29.2 Å². The van der Waals surface area contributed by atoms with Crippen molar-refractivity contribution in [1.82, 2.24) is 0 Å². The molecule has 3 atom stereocenters. The highest BCUT2D eigenvalue weighted by molar-refractivity contribution is 7.86. The summed E-state index contributed by atoms with van der Waals surface area (Å²) < 4.78 is 35.5. The number of aryl methyl sites for hydroxylation is 1. The van der Waals surface area contributed by atoms with Crippen LogP contribution in [-0.4, -0.2) is 27.2 Å². The lowest BCUT2D eigenvalue weighted by atomic mass is 9.84. The Balaban J connectivity index is 1.76. The van der Waals surface area contributed by atoms with Gasteiger partial charge in [0, 0.05) is 5.92 Å². The topological polar surface area (TPSA) is 55.9 Å². The zero-order valence-electron chi connectivity index (χ0n) is 11.6. The smallest absolute Gasteiger partial charge is 0.297 e. The minimum Gasteiger partial charge on any atom is -0.373 e. The van der Waals surface area contributed by atoms with Crippen molar-refractivity contribution in [3.63, 3.8) is 0 Å². The number of ether oxygens (including phenoxy) is 1. The monoisotopic (exact) mass is 296 g/mol. The molecule has 3 rings (SSSR count). The molecule has 4 nitrogen and oxygen atoms in total. The molecular weight excluding hydrogens is 276 g/mol. The van der Waals surface area contributed by atoms with Crippen LogP contribution in [0.5, 0.6) is 0 Å². The third-order valence-corrected chi connectivity index (χ3v) is 5.50. The molecule has 0 radical (unpaired) electrons. The maximum Gasteiger partial charge on any atom is 0.297 e. The highest BCUT2D eigenvalue weighted by Crippen LogP contribution is 2.36. The van der Waals surface area contributed by atoms with E-state index in [9.17, 15) is 8.42 Å². The van der Waals surface area contributed by atoms with Gasteiger partial charge in [-0.05, 0) is 31.9 Å². The third-order valence-electron chi connectivity index (χ3n) is 4.15. The summed E-state index contributed by atoms with van der Waals surface area (Å²) in [5.41, 5.74) is 1.03. The minimum atomic E-state index is -3.67. The average Bonchev–Trinajstić information content (AvgIpc) is 3.24. The molecular formula is C15H20O4S. The Morgan fingerprint density at radius 2 is 1.80 bits per heavy atom. The van der Waals surface area contributed by atoms with Gasteiger partial charge in [-0.25, -0.2) is 0 Å². The molecule has 5 heteroatoms. The Morgan fingerprint density at radius 1 is 1.15 bits per heavy atom. The van der Waals surface area contributed by atoms with Crippen LogP contribution in [0.1, 0.15) is 31.2 Å². The van der Waals surface area contributed by atoms with E-state index in [1.54, 1.807) is 24.3 Å². The fourth-order valence-corrected chi connectivity index (χ4v) is 4.04. The molecule has 0 spiro atoms. The number of benzene rings is 1. The second kappa shape index (κ2) is 5.47. The van der Waals surface area contributed by atoms with Crippen LogP contribution in [0.3, 0.4) is 0 Å². The highest BCUT2D eigenvalue weighted by Gasteiger charge is 2.41. The first-order chi connectivity index (χ1) is 9.56. The van der Waals surface area contributed by atoms with Gasteiger partial charge in [-0.3, -0.25) is 4.18 Å². The van der Waals surface area contributed by atoms with E-state index in [4.69, 9.17) is 8.92 Å². The van der Waals surface area contributed by atoms with Crippen LogP contribution < -0.4 is 0 Å². The Morgan fingerprint density at radius 3 is 2.45 bits per heavy atom. The van der Waals surface area contributed by atoms with E-state index in [-0.39, 0.29) is 23.0 Å². The zero-order chi connectivity index (χ0) is 14.2. The Labute approximate surface area is 120 Å². The van der Waals surface area contributed by atoms with Gasteiger partial charge in [0.15, 0.2) is 0 Å². The highest BCUT2D eigenvalue weighted by atomic mass is 32.2. The molecule has 0 unspecified atom stereocenters. The van der Waals surface area contributed by atoms with E-state index in [1.165, 1.54) is 0 Å². The summed E-state index contributed by atoms with van der Waals surface area (Å²) in [6, 6.07) is 6.80. The lowest BCUT2D eigenvalue weighted by Gasteiger charge is -2.29. The molecule has 1 saturated heterocycles. The molecule has 1 aliphatic carbocycles. The van der Waals surface area contributed by atoms with Crippen LogP contribution in [0, 0.1) is 12.8 Å². The molecule has 0 amide bonds. The molecule has 1 aromatic carbocycles. The third kappa shape index (κ3) is 3.05. The predicted octanol–water partition coefficient (Wildman–Crippen LogP) is 2.66. The molecule has 20 heavy (non-hydrogen) atoms. The molecule has 0 N–H and O–H groups in total. The van der Waals surface area contributed by atoms with Gasteiger partial charge < -0.3 is 4.74 Å². The maximum atomic E-state index is 12.3. The normalized spacial score (nSPS) is 30.1. The standard InChI is InChI=1S/C15H20O4S/c1-11-6-8-12(9-7-11)20(16,17)19-14-5-3-2-4-13(14)15-10-18-15/h6-9,13-15H,2-5,10H2,1H3/t13-,14-,15-/m0/s1. The van der Waals surface area contributed by atoms with Gasteiger partial charge >= 0.3 is 0 Å². The Hall–Kier alpha value is -0.910. The van der Waals surface area contributed by atoms with Crippen LogP contribution in [0.2, 0.25) is 0 Å². The summed E-state index contributed by atoms with van der Waals surface area (Å²) in [6.07, 6.45) is 3.93. The summed E-state index contributed by atoms with van der Waals surface area (Å²) in [5, 5.41) is 0. The Bertz CT molecular complexity index is 560. The minimum absolute atomic E-state index is 0.202. The largest absolute Gasteiger partial charge is 0.373 e. The molecule has 2 fully saturated rings. The van der Waals surface area contributed by atoms with Crippen LogP contribution in [0.4, 0.5) is 0 Å². The fourth-order valence-electron chi connectivity index (χ4n) is 2.90. The molecule has 1 aromatic rings. The first-order valence-corrected chi connectivity index (χ1v) is 8.59. The summed E-state index contributed by atoms with van der Waals surface area (Å²) >= 11 is 0. The van der Waals surface area contributed by atoms with E-state index in [2.05, 4.69) is 0 Å². The van der Waals surface area contributed by atoms with Crippen molar-refractivity contribution in [2.45, 2.75) is 49.7 Å². The van der Waals surface area contributed by atoms with Gasteiger partial charge in [0.25, 0.3) is 10.1 Å². The predicted molar refractivity (Wildman–Crippen MR) is 74.9 cm³/mol. The van der Waals surface area contributed by atoms with Crippen molar-refractivity contribution in [2.24, 2.45) is 5.92 Å². The van der Waals surface area contributed by atoms with E-state index in [0.717, 1.165) is 37.9 Å². The Kier molecular flexibility index (Phi) is 3.84. The van der Waals surface area contributed by atoms with Gasteiger partial charge in [0.05, 0.1) is 23.7 Å². The van der Waals surface area contributed by atoms with E-state index in [0.29, 0.717) is 0 Å². The van der Waals surface area contributed by atoms with Crippen molar-refractivity contribution < 1.29 is 17.3 Å². The van der Waals surface area contributed by atoms with Crippen LogP contribution >= 0.6 is 0 Å². The van der Waals surface area contributed by atoms with E-state index in [1.807, 2.05) is 6.92 Å². The quantitative estimate of drug-likeness (QED) is 0.633. The first kappa shape index (κ1) is 14.0. The van der Waals surface area contributed by atoms with Crippen molar-refractivity contribution in [2.75, 3.05) is 6.61 Å². The SMILES string of the molecule is Cc1ccc(S(=O)(=O)O[C@H]2CCCC[C@@H]2[C@@H]2CO2)cc1. The van der Waals surface area contributed by atoms with E-state index >= 15 is 0 Å². The molecule has 1 heterocycles. The fraction of sp³-hybridized carbons (Fsp3) is 0.600. The molecule has 110 valence electrons. The summed E-state index contributed by atoms with van der Waals surface area (Å²) in [5.74, 6) is 0.226. The van der Waals surface area contributed by atoms with Crippen molar-refractivity contribution in [1.29, 1.82) is 0 Å². The average molecular weight is 296 g/mol. The second-order valence-electron chi connectivity index (χ2n) is 5.72. The summed E-state index contributed by atoms with van der Waals surface area (Å²) in [4.78, 5) is 0.240. The maximum absolute atomic E-state index is 12.3. The van der Waals surface area contributed by atoms with Crippen molar-refractivity contribution in [3.05, 3.63) is 29.8 Å². The number of rotatable bonds is 4. The second-order valence-corrected chi connectivity index (χ2v) is 7.29. The summed E-state index contributed by atoms with van der Waals surface area (Å²) in [7, 11) is -3.67. The molecule has 1 aliphatic heterocycles. The van der Waals surface area contributed by atoms with Gasteiger partial charge in [-0.15, -0.1) is 0 Å². The first-order valence-electron chi connectivity index (χ1n) is 7.18. The molecule has 1 saturated carbocycles. The van der Waals surface area contributed by atoms with Crippen LogP contribution in [0.25, 0.3) is 0 Å². The summed E-state index contributed by atoms with van der Waals surface area (Å²) in [6.45, 7) is 2.67. The number of hydrogen-bond acceptors (Lipinski definition) is 4. The molecule has 2 aliphatic rings. The number of epoxide rings is 1. The van der Waals surface area contributed by atoms with Gasteiger partial charge in [0.1, 0.15) is 0 Å². The lowest BCUT2D eigenvalue weighted by molar-refractivity contribution is 0.0802. The molecule has 0 bridgehead atoms. The van der Waals surface area contributed by atoms with E-state index < -0.39 is 10.1 Å². The van der Waals surface area contributed by atoms with Gasteiger partial charge in [0.2, 0.25) is 0 Å². The van der Waals surface area contributed by atoms with Crippen LogP contribution in [-0.2, 0) is 19.0 Å². The lowest BCUT2D eigenvalue weighted by Crippen LogP contribution is -2.33. The van der Waals surface area contributed by atoms with Crippen molar-refractivity contribution in [3.8, 4) is 0 Å². The molecule has 0 aromatic heterocycles. The van der Waals surface area contributed by atoms with Gasteiger partial charge in [-0.2, -0.15) is 8.42 Å². The van der Waals surface area contributed by atoms with Crippen molar-refractivity contribution >= 4 is 10.1 Å². The zero-order valence-corrected chi connectivity index (χ0v) is 12.4. The van der Waals surface area contributed by atoms with Gasteiger partial charge in [-0.1, -0.05) is 30.5 Å².